The Labute approximate surface area is 104 Å². The summed E-state index contributed by atoms with van der Waals surface area (Å²) < 4.78 is 0. The molecule has 1 aromatic rings. The molecule has 1 aliphatic heterocycles. The van der Waals surface area contributed by atoms with Gasteiger partial charge in [0.25, 0.3) is 5.91 Å². The minimum absolute atomic E-state index is 0.119. The summed E-state index contributed by atoms with van der Waals surface area (Å²) in [6, 6.07) is 1.29. The summed E-state index contributed by atoms with van der Waals surface area (Å²) in [5.74, 6) is -0.369. The minimum Gasteiger partial charge on any atom is -0.505 e. The van der Waals surface area contributed by atoms with Crippen molar-refractivity contribution in [1.29, 1.82) is 0 Å². The summed E-state index contributed by atoms with van der Waals surface area (Å²) >= 11 is 4.94. The van der Waals surface area contributed by atoms with Crippen molar-refractivity contribution >= 4 is 23.1 Å². The third kappa shape index (κ3) is 2.21. The maximum Gasteiger partial charge on any atom is 0.258 e. The van der Waals surface area contributed by atoms with E-state index in [2.05, 4.69) is 4.98 Å². The number of aromatic hydroxyl groups is 1. The number of likely N-dealkylation sites (tertiary alicyclic amines) is 1. The number of carbonyl (C=O) groups is 1. The molecule has 0 aromatic carbocycles. The quantitative estimate of drug-likeness (QED) is 0.756. The lowest BCUT2D eigenvalue weighted by atomic mass is 10.2. The van der Waals surface area contributed by atoms with Crippen LogP contribution in [0.3, 0.4) is 0 Å². The fraction of sp³-hybridized carbons (Fsp3) is 0.364. The molecule has 0 spiro atoms. The second-order valence-corrected chi connectivity index (χ2v) is 4.42. The van der Waals surface area contributed by atoms with Crippen molar-refractivity contribution in [3.63, 3.8) is 0 Å². The number of thiocarbonyl (C=S) groups is 1. The molecule has 3 N–H and O–H groups in total. The average Bonchev–Trinajstić information content (AvgIpc) is 2.77. The summed E-state index contributed by atoms with van der Waals surface area (Å²) in [5.41, 5.74) is 5.84. The van der Waals surface area contributed by atoms with E-state index in [1.807, 2.05) is 0 Å². The van der Waals surface area contributed by atoms with Crippen molar-refractivity contribution in [3.05, 3.63) is 24.0 Å². The molecule has 1 saturated heterocycles. The lowest BCUT2D eigenvalue weighted by Crippen LogP contribution is -2.42. The van der Waals surface area contributed by atoms with Gasteiger partial charge < -0.3 is 15.7 Å². The number of amides is 1. The van der Waals surface area contributed by atoms with Crippen LogP contribution in [-0.2, 0) is 0 Å². The first-order valence-electron chi connectivity index (χ1n) is 5.34. The Balaban J connectivity index is 2.26. The molecule has 1 atom stereocenters. The van der Waals surface area contributed by atoms with Gasteiger partial charge >= 0.3 is 0 Å². The summed E-state index contributed by atoms with van der Waals surface area (Å²) in [5, 5.41) is 9.59. The first kappa shape index (κ1) is 11.8. The van der Waals surface area contributed by atoms with E-state index in [1.165, 1.54) is 18.5 Å². The Hall–Kier alpha value is -1.69. The molecule has 1 unspecified atom stereocenters. The van der Waals surface area contributed by atoms with E-state index < -0.39 is 0 Å². The number of nitrogens with two attached hydrogens (primary N) is 1. The largest absolute Gasteiger partial charge is 0.505 e. The standard InChI is InChI=1S/C11H13N3O2S/c12-10(17)8-2-1-5-14(8)11(16)7-3-4-13-6-9(7)15/h3-4,6,8,15H,1-2,5H2,(H2,12,17). The Morgan fingerprint density at radius 1 is 1.65 bits per heavy atom. The van der Waals surface area contributed by atoms with E-state index in [-0.39, 0.29) is 23.3 Å². The SMILES string of the molecule is NC(=S)C1CCCN1C(=O)c1ccncc1O. The molecule has 90 valence electrons. The number of rotatable bonds is 2. The van der Waals surface area contributed by atoms with E-state index in [4.69, 9.17) is 18.0 Å². The molecule has 1 amide bonds. The maximum atomic E-state index is 12.2. The van der Waals surface area contributed by atoms with E-state index in [0.29, 0.717) is 11.5 Å². The highest BCUT2D eigenvalue weighted by Gasteiger charge is 2.32. The second kappa shape index (κ2) is 4.67. The van der Waals surface area contributed by atoms with Gasteiger partial charge in [0.15, 0.2) is 0 Å². The predicted molar refractivity (Wildman–Crippen MR) is 66.7 cm³/mol. The zero-order chi connectivity index (χ0) is 12.4. The zero-order valence-corrected chi connectivity index (χ0v) is 9.98. The smallest absolute Gasteiger partial charge is 0.258 e. The molecule has 2 heterocycles. The van der Waals surface area contributed by atoms with Gasteiger partial charge in [0.05, 0.1) is 22.8 Å². The molecule has 0 saturated carbocycles. The van der Waals surface area contributed by atoms with Crippen LogP contribution in [-0.4, -0.2) is 38.5 Å². The summed E-state index contributed by atoms with van der Waals surface area (Å²) in [7, 11) is 0. The molecule has 0 bridgehead atoms. The maximum absolute atomic E-state index is 12.2. The van der Waals surface area contributed by atoms with Crippen LogP contribution in [0, 0.1) is 0 Å². The molecule has 17 heavy (non-hydrogen) atoms. The van der Waals surface area contributed by atoms with Gasteiger partial charge in [0.1, 0.15) is 5.75 Å². The molecule has 6 heteroatoms. The fourth-order valence-electron chi connectivity index (χ4n) is 2.03. The Morgan fingerprint density at radius 3 is 3.06 bits per heavy atom. The first-order chi connectivity index (χ1) is 8.11. The van der Waals surface area contributed by atoms with Crippen molar-refractivity contribution in [2.45, 2.75) is 18.9 Å². The second-order valence-electron chi connectivity index (χ2n) is 3.95. The van der Waals surface area contributed by atoms with Gasteiger partial charge in [-0.25, -0.2) is 0 Å². The van der Waals surface area contributed by atoms with Crippen LogP contribution in [0.1, 0.15) is 23.2 Å². The Kier molecular flexibility index (Phi) is 3.23. The Bertz CT molecular complexity index is 464. The van der Waals surface area contributed by atoms with E-state index in [0.717, 1.165) is 12.8 Å². The molecule has 0 radical (unpaired) electrons. The number of carbonyl (C=O) groups excluding carboxylic acids is 1. The van der Waals surface area contributed by atoms with Crippen LogP contribution in [0.25, 0.3) is 0 Å². The number of nitrogens with zero attached hydrogens (tertiary/aromatic N) is 2. The molecule has 2 rings (SSSR count). The van der Waals surface area contributed by atoms with Crippen LogP contribution in [0.2, 0.25) is 0 Å². The highest BCUT2D eigenvalue weighted by Crippen LogP contribution is 2.23. The monoisotopic (exact) mass is 251 g/mol. The van der Waals surface area contributed by atoms with Gasteiger partial charge in [0, 0.05) is 12.7 Å². The zero-order valence-electron chi connectivity index (χ0n) is 9.17. The number of hydrogen-bond acceptors (Lipinski definition) is 4. The molecular formula is C11H13N3O2S. The fourth-order valence-corrected chi connectivity index (χ4v) is 2.27. The number of pyridine rings is 1. The number of hydrogen-bond donors (Lipinski definition) is 2. The summed E-state index contributed by atoms with van der Waals surface area (Å²) in [6.07, 6.45) is 4.38. The highest BCUT2D eigenvalue weighted by molar-refractivity contribution is 7.80. The van der Waals surface area contributed by atoms with Crippen LogP contribution >= 0.6 is 12.2 Å². The van der Waals surface area contributed by atoms with Gasteiger partial charge in [-0.2, -0.15) is 0 Å². The van der Waals surface area contributed by atoms with Crippen LogP contribution < -0.4 is 5.73 Å². The lowest BCUT2D eigenvalue weighted by molar-refractivity contribution is 0.0767. The van der Waals surface area contributed by atoms with Gasteiger partial charge in [-0.3, -0.25) is 9.78 Å². The van der Waals surface area contributed by atoms with Gasteiger partial charge in [-0.15, -0.1) is 0 Å². The normalized spacial score (nSPS) is 19.3. The molecule has 1 aromatic heterocycles. The van der Waals surface area contributed by atoms with E-state index in [9.17, 15) is 9.90 Å². The van der Waals surface area contributed by atoms with Crippen LogP contribution in [0.15, 0.2) is 18.5 Å². The van der Waals surface area contributed by atoms with Gasteiger partial charge in [0.2, 0.25) is 0 Å². The number of aromatic nitrogens is 1. The highest BCUT2D eigenvalue weighted by atomic mass is 32.1. The van der Waals surface area contributed by atoms with Crippen LogP contribution in [0.5, 0.6) is 5.75 Å². The third-order valence-corrected chi connectivity index (χ3v) is 3.14. The lowest BCUT2D eigenvalue weighted by Gasteiger charge is -2.23. The van der Waals surface area contributed by atoms with Crippen molar-refractivity contribution in [3.8, 4) is 5.75 Å². The van der Waals surface area contributed by atoms with Crippen LogP contribution in [0.4, 0.5) is 0 Å². The van der Waals surface area contributed by atoms with Gasteiger partial charge in [-0.1, -0.05) is 12.2 Å². The van der Waals surface area contributed by atoms with Crippen molar-refractivity contribution in [2.24, 2.45) is 5.73 Å². The molecule has 1 aliphatic rings. The van der Waals surface area contributed by atoms with Crippen molar-refractivity contribution in [1.82, 2.24) is 9.88 Å². The molecule has 0 aliphatic carbocycles. The Morgan fingerprint density at radius 2 is 2.41 bits per heavy atom. The first-order valence-corrected chi connectivity index (χ1v) is 5.75. The van der Waals surface area contributed by atoms with Crippen molar-refractivity contribution in [2.75, 3.05) is 6.54 Å². The predicted octanol–water partition coefficient (Wildman–Crippen LogP) is 0.678. The van der Waals surface area contributed by atoms with E-state index >= 15 is 0 Å². The topological polar surface area (TPSA) is 79.5 Å². The summed E-state index contributed by atoms with van der Waals surface area (Å²) in [6.45, 7) is 0.614. The average molecular weight is 251 g/mol. The molecular weight excluding hydrogens is 238 g/mol. The minimum atomic E-state index is -0.250. The molecule has 5 nitrogen and oxygen atoms in total. The van der Waals surface area contributed by atoms with Gasteiger partial charge in [-0.05, 0) is 18.9 Å². The summed E-state index contributed by atoms with van der Waals surface area (Å²) in [4.78, 5) is 17.9. The van der Waals surface area contributed by atoms with E-state index in [1.54, 1.807) is 4.90 Å². The molecule has 1 fully saturated rings. The van der Waals surface area contributed by atoms with Crippen molar-refractivity contribution < 1.29 is 9.90 Å². The third-order valence-electron chi connectivity index (χ3n) is 2.87.